The number of nitrogens with zero attached hydrogens (tertiary/aromatic N) is 2. The molecule has 0 aromatic rings. The first-order chi connectivity index (χ1) is 6.09. The summed E-state index contributed by atoms with van der Waals surface area (Å²) in [7, 11) is 4.20. The third-order valence-electron chi connectivity index (χ3n) is 2.65. The number of likely N-dealkylation sites (tertiary alicyclic amines) is 1. The van der Waals surface area contributed by atoms with Gasteiger partial charge in [-0.3, -0.25) is 4.79 Å². The van der Waals surface area contributed by atoms with Crippen molar-refractivity contribution < 1.29 is 4.79 Å². The summed E-state index contributed by atoms with van der Waals surface area (Å²) in [6.07, 6.45) is 1.69. The van der Waals surface area contributed by atoms with Crippen molar-refractivity contribution in [2.24, 2.45) is 5.73 Å². The first-order valence-electron chi connectivity index (χ1n) is 4.76. The Bertz CT molecular complexity index is 182. The van der Waals surface area contributed by atoms with E-state index in [0.717, 1.165) is 19.6 Å². The number of hydrogen-bond donors (Lipinski definition) is 1. The number of likely N-dealkylation sites (N-methyl/N-ethyl adjacent to an activating group) is 1. The van der Waals surface area contributed by atoms with Crippen LogP contribution in [0.25, 0.3) is 0 Å². The Hall–Kier alpha value is -0.610. The maximum atomic E-state index is 10.6. The van der Waals surface area contributed by atoms with Crippen LogP contribution in [0.5, 0.6) is 0 Å². The van der Waals surface area contributed by atoms with E-state index in [2.05, 4.69) is 23.9 Å². The van der Waals surface area contributed by atoms with Crippen LogP contribution in [0.2, 0.25) is 0 Å². The predicted molar refractivity (Wildman–Crippen MR) is 52.3 cm³/mol. The topological polar surface area (TPSA) is 49.6 Å². The van der Waals surface area contributed by atoms with Crippen molar-refractivity contribution >= 4 is 5.91 Å². The summed E-state index contributed by atoms with van der Waals surface area (Å²) in [6.45, 7) is 2.98. The molecule has 13 heavy (non-hydrogen) atoms. The smallest absolute Gasteiger partial charge is 0.218 e. The summed E-state index contributed by atoms with van der Waals surface area (Å²) in [5.74, 6) is -0.201. The van der Waals surface area contributed by atoms with Crippen molar-refractivity contribution in [1.29, 1.82) is 0 Å². The molecule has 0 aromatic carbocycles. The summed E-state index contributed by atoms with van der Waals surface area (Å²) in [5, 5.41) is 0. The summed E-state index contributed by atoms with van der Waals surface area (Å²) in [5.41, 5.74) is 5.09. The van der Waals surface area contributed by atoms with E-state index in [1.807, 2.05) is 0 Å². The zero-order chi connectivity index (χ0) is 9.84. The van der Waals surface area contributed by atoms with Gasteiger partial charge in [0, 0.05) is 25.6 Å². The first-order valence-corrected chi connectivity index (χ1v) is 4.76. The van der Waals surface area contributed by atoms with Crippen LogP contribution in [-0.4, -0.2) is 55.5 Å². The maximum Gasteiger partial charge on any atom is 0.218 e. The largest absolute Gasteiger partial charge is 0.370 e. The Morgan fingerprint density at radius 3 is 2.77 bits per heavy atom. The van der Waals surface area contributed by atoms with E-state index < -0.39 is 0 Å². The van der Waals surface area contributed by atoms with Crippen LogP contribution in [0.4, 0.5) is 0 Å². The lowest BCUT2D eigenvalue weighted by Crippen LogP contribution is -2.32. The van der Waals surface area contributed by atoms with Gasteiger partial charge in [0.2, 0.25) is 5.91 Å². The van der Waals surface area contributed by atoms with Gasteiger partial charge in [-0.25, -0.2) is 0 Å². The Kier molecular flexibility index (Phi) is 3.69. The third-order valence-corrected chi connectivity index (χ3v) is 2.65. The predicted octanol–water partition coefficient (Wildman–Crippen LogP) is -0.502. The van der Waals surface area contributed by atoms with E-state index in [-0.39, 0.29) is 5.91 Å². The summed E-state index contributed by atoms with van der Waals surface area (Å²) in [4.78, 5) is 15.1. The molecule has 4 nitrogen and oxygen atoms in total. The van der Waals surface area contributed by atoms with Gasteiger partial charge in [-0.2, -0.15) is 0 Å². The molecule has 1 heterocycles. The second-order valence-electron chi connectivity index (χ2n) is 3.92. The standard InChI is InChI=1S/C9H19N3O/c1-11(2)8-3-5-12(7-8)6-4-9(10)13/h8H,3-7H2,1-2H3,(H2,10,13)/t8-/m1/s1. The highest BCUT2D eigenvalue weighted by atomic mass is 16.1. The molecule has 1 aliphatic rings. The summed E-state index contributed by atoms with van der Waals surface area (Å²) < 4.78 is 0. The third kappa shape index (κ3) is 3.32. The quantitative estimate of drug-likeness (QED) is 0.642. The number of nitrogens with two attached hydrogens (primary N) is 1. The fraction of sp³-hybridized carbons (Fsp3) is 0.889. The number of carbonyl (C=O) groups excluding carboxylic acids is 1. The van der Waals surface area contributed by atoms with Gasteiger partial charge in [0.05, 0.1) is 0 Å². The highest BCUT2D eigenvalue weighted by Crippen LogP contribution is 2.12. The van der Waals surface area contributed by atoms with Crippen molar-refractivity contribution in [3.05, 3.63) is 0 Å². The summed E-state index contributed by atoms with van der Waals surface area (Å²) >= 11 is 0. The van der Waals surface area contributed by atoms with E-state index in [9.17, 15) is 4.79 Å². The van der Waals surface area contributed by atoms with E-state index in [1.165, 1.54) is 6.42 Å². The van der Waals surface area contributed by atoms with E-state index in [4.69, 9.17) is 5.73 Å². The van der Waals surface area contributed by atoms with Gasteiger partial charge < -0.3 is 15.5 Å². The van der Waals surface area contributed by atoms with Crippen molar-refractivity contribution in [2.75, 3.05) is 33.7 Å². The molecular weight excluding hydrogens is 166 g/mol. The van der Waals surface area contributed by atoms with Gasteiger partial charge in [0.15, 0.2) is 0 Å². The second kappa shape index (κ2) is 4.58. The molecule has 1 aliphatic heterocycles. The number of primary amides is 1. The maximum absolute atomic E-state index is 10.6. The average Bonchev–Trinajstić information content (AvgIpc) is 2.48. The molecule has 0 aromatic heterocycles. The first kappa shape index (κ1) is 10.5. The molecule has 1 atom stereocenters. The number of hydrogen-bond acceptors (Lipinski definition) is 3. The van der Waals surface area contributed by atoms with E-state index >= 15 is 0 Å². The van der Waals surface area contributed by atoms with Crippen LogP contribution in [0.3, 0.4) is 0 Å². The van der Waals surface area contributed by atoms with Crippen LogP contribution in [0, 0.1) is 0 Å². The normalized spacial score (nSPS) is 24.1. The van der Waals surface area contributed by atoms with E-state index in [1.54, 1.807) is 0 Å². The lowest BCUT2D eigenvalue weighted by molar-refractivity contribution is -0.118. The minimum atomic E-state index is -0.201. The van der Waals surface area contributed by atoms with Gasteiger partial charge in [0.1, 0.15) is 0 Å². The van der Waals surface area contributed by atoms with Crippen LogP contribution in [0.1, 0.15) is 12.8 Å². The zero-order valence-corrected chi connectivity index (χ0v) is 8.49. The van der Waals surface area contributed by atoms with Crippen molar-refractivity contribution in [3.8, 4) is 0 Å². The molecule has 0 aliphatic carbocycles. The summed E-state index contributed by atoms with van der Waals surface area (Å²) in [6, 6.07) is 0.646. The highest BCUT2D eigenvalue weighted by Gasteiger charge is 2.23. The number of amides is 1. The van der Waals surface area contributed by atoms with Gasteiger partial charge in [-0.05, 0) is 27.1 Å². The Morgan fingerprint density at radius 1 is 1.62 bits per heavy atom. The molecular formula is C9H19N3O. The zero-order valence-electron chi connectivity index (χ0n) is 8.49. The van der Waals surface area contributed by atoms with Crippen LogP contribution >= 0.6 is 0 Å². The SMILES string of the molecule is CN(C)[C@@H]1CCN(CCC(N)=O)C1. The monoisotopic (exact) mass is 185 g/mol. The Morgan fingerprint density at radius 2 is 2.31 bits per heavy atom. The van der Waals surface area contributed by atoms with Gasteiger partial charge in [-0.15, -0.1) is 0 Å². The molecule has 76 valence electrons. The minimum Gasteiger partial charge on any atom is -0.370 e. The van der Waals surface area contributed by atoms with Crippen LogP contribution in [0.15, 0.2) is 0 Å². The van der Waals surface area contributed by atoms with Gasteiger partial charge >= 0.3 is 0 Å². The molecule has 0 radical (unpaired) electrons. The fourth-order valence-corrected chi connectivity index (χ4v) is 1.71. The Labute approximate surface area is 79.7 Å². The fourth-order valence-electron chi connectivity index (χ4n) is 1.71. The molecule has 1 fully saturated rings. The number of rotatable bonds is 4. The Balaban J connectivity index is 2.21. The van der Waals surface area contributed by atoms with E-state index in [0.29, 0.717) is 12.5 Å². The van der Waals surface area contributed by atoms with Crippen LogP contribution in [-0.2, 0) is 4.79 Å². The van der Waals surface area contributed by atoms with Crippen LogP contribution < -0.4 is 5.73 Å². The average molecular weight is 185 g/mol. The molecule has 0 unspecified atom stereocenters. The molecule has 1 rings (SSSR count). The lowest BCUT2D eigenvalue weighted by Gasteiger charge is -2.19. The molecule has 0 bridgehead atoms. The van der Waals surface area contributed by atoms with Crippen molar-refractivity contribution in [3.63, 3.8) is 0 Å². The van der Waals surface area contributed by atoms with Gasteiger partial charge in [0.25, 0.3) is 0 Å². The molecule has 0 saturated carbocycles. The van der Waals surface area contributed by atoms with Crippen molar-refractivity contribution in [1.82, 2.24) is 9.80 Å². The molecule has 2 N–H and O–H groups in total. The molecule has 1 saturated heterocycles. The number of carbonyl (C=O) groups is 1. The molecule has 4 heteroatoms. The highest BCUT2D eigenvalue weighted by molar-refractivity contribution is 5.73. The lowest BCUT2D eigenvalue weighted by atomic mass is 10.2. The molecule has 1 amide bonds. The second-order valence-corrected chi connectivity index (χ2v) is 3.92. The minimum absolute atomic E-state index is 0.201. The molecule has 0 spiro atoms. The van der Waals surface area contributed by atoms with Crippen molar-refractivity contribution in [2.45, 2.75) is 18.9 Å². The van der Waals surface area contributed by atoms with Gasteiger partial charge in [-0.1, -0.05) is 0 Å².